The molecule has 0 aliphatic rings. The molecule has 5 nitrogen and oxygen atoms in total. The van der Waals surface area contributed by atoms with Crippen LogP contribution in [0.5, 0.6) is 0 Å². The number of nitrogens with zero attached hydrogens (tertiary/aromatic N) is 2. The first-order valence-electron chi connectivity index (χ1n) is 6.06. The molecular weight excluding hydrogens is 276 g/mol. The van der Waals surface area contributed by atoms with Gasteiger partial charge in [0.15, 0.2) is 0 Å². The van der Waals surface area contributed by atoms with Gasteiger partial charge >= 0.3 is 0 Å². The molecule has 0 saturated heterocycles. The van der Waals surface area contributed by atoms with E-state index < -0.39 is 0 Å². The number of hydrogen-bond donors (Lipinski definition) is 2. The monoisotopic (exact) mass is 290 g/mol. The summed E-state index contributed by atoms with van der Waals surface area (Å²) in [4.78, 5) is 19.8. The first-order chi connectivity index (χ1) is 9.36. The first-order valence-corrected chi connectivity index (χ1v) is 6.44. The number of aryl methyl sites for hydroxylation is 3. The zero-order valence-electron chi connectivity index (χ0n) is 11.5. The highest BCUT2D eigenvalue weighted by atomic mass is 35.5. The van der Waals surface area contributed by atoms with Crippen LogP contribution in [0.2, 0.25) is 5.15 Å². The number of hydrogen-bond acceptors (Lipinski definition) is 4. The van der Waals surface area contributed by atoms with Crippen LogP contribution in [0, 0.1) is 20.8 Å². The minimum atomic E-state index is -0.365. The van der Waals surface area contributed by atoms with Gasteiger partial charge in [-0.1, -0.05) is 29.3 Å². The molecule has 2 rings (SSSR count). The van der Waals surface area contributed by atoms with Crippen LogP contribution in [-0.4, -0.2) is 15.9 Å². The summed E-state index contributed by atoms with van der Waals surface area (Å²) in [6, 6.07) is 5.39. The second-order valence-corrected chi connectivity index (χ2v) is 5.05. The van der Waals surface area contributed by atoms with Gasteiger partial charge in [0.1, 0.15) is 10.8 Å². The fourth-order valence-corrected chi connectivity index (χ4v) is 2.30. The molecule has 1 amide bonds. The average molecular weight is 291 g/mol. The maximum absolute atomic E-state index is 12.2. The lowest BCUT2D eigenvalue weighted by molar-refractivity contribution is 0.102. The van der Waals surface area contributed by atoms with Crippen molar-refractivity contribution < 1.29 is 4.79 Å². The maximum atomic E-state index is 12.2. The van der Waals surface area contributed by atoms with Gasteiger partial charge < -0.3 is 11.1 Å². The molecule has 0 bridgehead atoms. The highest BCUT2D eigenvalue weighted by molar-refractivity contribution is 6.29. The molecule has 6 heteroatoms. The van der Waals surface area contributed by atoms with E-state index in [9.17, 15) is 4.79 Å². The Bertz CT molecular complexity index is 642. The Morgan fingerprint density at radius 2 is 1.75 bits per heavy atom. The molecule has 1 aromatic carbocycles. The van der Waals surface area contributed by atoms with Gasteiger partial charge in [-0.3, -0.25) is 4.79 Å². The van der Waals surface area contributed by atoms with E-state index in [0.29, 0.717) is 0 Å². The second-order valence-electron chi connectivity index (χ2n) is 4.66. The lowest BCUT2D eigenvalue weighted by Crippen LogP contribution is -2.16. The first kappa shape index (κ1) is 14.3. The highest BCUT2D eigenvalue weighted by Gasteiger charge is 2.13. The van der Waals surface area contributed by atoms with Crippen molar-refractivity contribution in [1.82, 2.24) is 9.97 Å². The molecule has 0 saturated carbocycles. The van der Waals surface area contributed by atoms with Crippen LogP contribution in [0.3, 0.4) is 0 Å². The average Bonchev–Trinajstić information content (AvgIpc) is 2.32. The smallest absolute Gasteiger partial charge is 0.274 e. The molecule has 3 N–H and O–H groups in total. The number of nitrogen functional groups attached to an aromatic ring is 1. The van der Waals surface area contributed by atoms with Crippen molar-refractivity contribution in [1.29, 1.82) is 0 Å². The molecule has 0 atom stereocenters. The van der Waals surface area contributed by atoms with E-state index in [2.05, 4.69) is 15.3 Å². The van der Waals surface area contributed by atoms with Gasteiger partial charge in [-0.2, -0.15) is 0 Å². The number of rotatable bonds is 2. The summed E-state index contributed by atoms with van der Waals surface area (Å²) in [5, 5.41) is 2.97. The number of anilines is 2. The number of nitrogens with two attached hydrogens (primary N) is 1. The summed E-state index contributed by atoms with van der Waals surface area (Å²) >= 11 is 5.77. The van der Waals surface area contributed by atoms with Crippen LogP contribution in [0.4, 0.5) is 11.6 Å². The quantitative estimate of drug-likeness (QED) is 0.833. The third-order valence-electron chi connectivity index (χ3n) is 2.86. The van der Waals surface area contributed by atoms with Gasteiger partial charge in [-0.15, -0.1) is 0 Å². The molecule has 0 fully saturated rings. The van der Waals surface area contributed by atoms with Crippen molar-refractivity contribution in [3.05, 3.63) is 45.7 Å². The Balaban J connectivity index is 2.32. The summed E-state index contributed by atoms with van der Waals surface area (Å²) in [7, 11) is 0. The van der Waals surface area contributed by atoms with Crippen molar-refractivity contribution in [3.8, 4) is 0 Å². The minimum absolute atomic E-state index is 0.0278. The normalized spacial score (nSPS) is 10.4. The van der Waals surface area contributed by atoms with Crippen molar-refractivity contribution in [2.24, 2.45) is 0 Å². The Morgan fingerprint density at radius 1 is 1.15 bits per heavy atom. The number of aromatic nitrogens is 2. The third kappa shape index (κ3) is 3.05. The molecule has 20 heavy (non-hydrogen) atoms. The highest BCUT2D eigenvalue weighted by Crippen LogP contribution is 2.22. The largest absolute Gasteiger partial charge is 0.368 e. The lowest BCUT2D eigenvalue weighted by Gasteiger charge is -2.12. The van der Waals surface area contributed by atoms with Gasteiger partial charge in [0.2, 0.25) is 5.95 Å². The number of carbonyl (C=O) groups is 1. The predicted molar refractivity (Wildman–Crippen MR) is 80.1 cm³/mol. The van der Waals surface area contributed by atoms with Crippen molar-refractivity contribution >= 4 is 29.1 Å². The standard InChI is InChI=1S/C14H15ClN4O/c1-7-4-8(2)12(9(3)5-7)19-13(20)10-6-11(15)18-14(16)17-10/h4-6H,1-3H3,(H,19,20)(H2,16,17,18). The molecule has 2 aromatic rings. The van der Waals surface area contributed by atoms with Crippen LogP contribution in [-0.2, 0) is 0 Å². The van der Waals surface area contributed by atoms with Crippen LogP contribution in [0.25, 0.3) is 0 Å². The minimum Gasteiger partial charge on any atom is -0.368 e. The van der Waals surface area contributed by atoms with E-state index >= 15 is 0 Å². The topological polar surface area (TPSA) is 80.9 Å². The fourth-order valence-electron chi connectivity index (χ4n) is 2.11. The number of halogens is 1. The van der Waals surface area contributed by atoms with E-state index in [1.165, 1.54) is 6.07 Å². The third-order valence-corrected chi connectivity index (χ3v) is 3.05. The Morgan fingerprint density at radius 3 is 2.30 bits per heavy atom. The summed E-state index contributed by atoms with van der Waals surface area (Å²) < 4.78 is 0. The van der Waals surface area contributed by atoms with Gasteiger partial charge in [-0.05, 0) is 31.9 Å². The molecule has 1 aromatic heterocycles. The number of nitrogens with one attached hydrogen (secondary N) is 1. The summed E-state index contributed by atoms with van der Waals surface area (Å²) in [5.74, 6) is -0.393. The van der Waals surface area contributed by atoms with E-state index in [4.69, 9.17) is 17.3 Å². The molecule has 0 aliphatic heterocycles. The molecular formula is C14H15ClN4O. The number of benzene rings is 1. The Hall–Kier alpha value is -2.14. The molecule has 0 radical (unpaired) electrons. The molecule has 104 valence electrons. The van der Waals surface area contributed by atoms with E-state index in [1.807, 2.05) is 32.9 Å². The molecule has 0 unspecified atom stereocenters. The van der Waals surface area contributed by atoms with Crippen LogP contribution < -0.4 is 11.1 Å². The summed E-state index contributed by atoms with van der Waals surface area (Å²) in [5.41, 5.74) is 9.52. The van der Waals surface area contributed by atoms with Crippen LogP contribution in [0.1, 0.15) is 27.2 Å². The zero-order chi connectivity index (χ0) is 14.9. The maximum Gasteiger partial charge on any atom is 0.274 e. The van der Waals surface area contributed by atoms with Crippen LogP contribution >= 0.6 is 11.6 Å². The van der Waals surface area contributed by atoms with E-state index in [-0.39, 0.29) is 22.7 Å². The number of carbonyl (C=O) groups excluding carboxylic acids is 1. The Labute approximate surface area is 122 Å². The zero-order valence-corrected chi connectivity index (χ0v) is 12.2. The van der Waals surface area contributed by atoms with Crippen LogP contribution in [0.15, 0.2) is 18.2 Å². The molecule has 0 aliphatic carbocycles. The van der Waals surface area contributed by atoms with E-state index in [0.717, 1.165) is 22.4 Å². The van der Waals surface area contributed by atoms with Crippen molar-refractivity contribution in [3.63, 3.8) is 0 Å². The summed E-state index contributed by atoms with van der Waals surface area (Å²) in [6.07, 6.45) is 0. The van der Waals surface area contributed by atoms with E-state index in [1.54, 1.807) is 0 Å². The van der Waals surface area contributed by atoms with Crippen molar-refractivity contribution in [2.75, 3.05) is 11.1 Å². The number of amides is 1. The van der Waals surface area contributed by atoms with Gasteiger partial charge in [0.25, 0.3) is 5.91 Å². The Kier molecular flexibility index (Phi) is 3.90. The fraction of sp³-hybridized carbons (Fsp3) is 0.214. The SMILES string of the molecule is Cc1cc(C)c(NC(=O)c2cc(Cl)nc(N)n2)c(C)c1. The van der Waals surface area contributed by atoms with Crippen molar-refractivity contribution in [2.45, 2.75) is 20.8 Å². The predicted octanol–water partition coefficient (Wildman–Crippen LogP) is 2.89. The van der Waals surface area contributed by atoms with Gasteiger partial charge in [0.05, 0.1) is 0 Å². The second kappa shape index (κ2) is 5.46. The lowest BCUT2D eigenvalue weighted by atomic mass is 10.1. The van der Waals surface area contributed by atoms with Gasteiger partial charge in [-0.25, -0.2) is 9.97 Å². The molecule has 1 heterocycles. The molecule has 0 spiro atoms. The summed E-state index contributed by atoms with van der Waals surface area (Å²) in [6.45, 7) is 5.89. The van der Waals surface area contributed by atoms with Gasteiger partial charge in [0, 0.05) is 11.8 Å².